The first-order valence-corrected chi connectivity index (χ1v) is 11.8. The van der Waals surface area contributed by atoms with Gasteiger partial charge in [-0.05, 0) is 67.4 Å². The maximum atomic E-state index is 12.5. The van der Waals surface area contributed by atoms with Gasteiger partial charge in [-0.15, -0.1) is 0 Å². The van der Waals surface area contributed by atoms with E-state index in [4.69, 9.17) is 12.2 Å². The third-order valence-corrected chi connectivity index (χ3v) is 6.79. The summed E-state index contributed by atoms with van der Waals surface area (Å²) in [7, 11) is -3.73. The van der Waals surface area contributed by atoms with Gasteiger partial charge in [0.15, 0.2) is 5.11 Å². The van der Waals surface area contributed by atoms with E-state index in [0.717, 1.165) is 6.42 Å². The summed E-state index contributed by atoms with van der Waals surface area (Å²) in [6.07, 6.45) is 4.64. The van der Waals surface area contributed by atoms with Crippen molar-refractivity contribution in [3.63, 3.8) is 0 Å². The number of para-hydroxylation sites is 1. The van der Waals surface area contributed by atoms with Gasteiger partial charge in [0.25, 0.3) is 15.9 Å². The molecule has 2 aromatic carbocycles. The first-order chi connectivity index (χ1) is 14.3. The molecule has 1 aliphatic rings. The second-order valence-electron chi connectivity index (χ2n) is 7.42. The van der Waals surface area contributed by atoms with Gasteiger partial charge in [-0.2, -0.15) is 0 Å². The van der Waals surface area contributed by atoms with Crippen LogP contribution in [0.15, 0.2) is 59.5 Å². The summed E-state index contributed by atoms with van der Waals surface area (Å²) in [5, 5.41) is 3.61. The van der Waals surface area contributed by atoms with Gasteiger partial charge in [0, 0.05) is 17.3 Å². The maximum absolute atomic E-state index is 12.5. The number of sulfonamides is 1. The number of carbonyl (C=O) groups excluding carboxylic acids is 1. The van der Waals surface area contributed by atoms with Crippen LogP contribution in [0.4, 0.5) is 5.69 Å². The Kier molecular flexibility index (Phi) is 7.28. The minimum absolute atomic E-state index is 0.0688. The highest BCUT2D eigenvalue weighted by atomic mass is 32.2. The number of amides is 1. The first kappa shape index (κ1) is 22.0. The normalized spacial score (nSPS) is 18.8. The fourth-order valence-corrected chi connectivity index (χ4v) is 4.69. The largest absolute Gasteiger partial charge is 0.358 e. The molecule has 4 N–H and O–H groups in total. The minimum atomic E-state index is -3.73. The van der Waals surface area contributed by atoms with Crippen molar-refractivity contribution in [2.24, 2.45) is 5.92 Å². The summed E-state index contributed by atoms with van der Waals surface area (Å²) < 4.78 is 27.4. The standard InChI is InChI=1S/C21H26N4O3S2/c1-15-7-5-6-10-19(15)22-21(29)24-23-20(26)16-11-13-18(14-12-16)30(27,28)25-17-8-3-2-4-9-17/h2-4,8-9,11-15,19,25H,5-7,10H2,1H3,(H,23,26)(H2,22,24,29)/t15-,19-/m0/s1. The number of carbonyl (C=O) groups is 1. The van der Waals surface area contributed by atoms with Crippen LogP contribution in [0.1, 0.15) is 43.0 Å². The Bertz CT molecular complexity index is 979. The van der Waals surface area contributed by atoms with Crippen molar-refractivity contribution in [3.8, 4) is 0 Å². The predicted molar refractivity (Wildman–Crippen MR) is 121 cm³/mol. The summed E-state index contributed by atoms with van der Waals surface area (Å²) in [6, 6.07) is 14.6. The smallest absolute Gasteiger partial charge is 0.269 e. The van der Waals surface area contributed by atoms with Crippen LogP contribution in [0.25, 0.3) is 0 Å². The fraction of sp³-hybridized carbons (Fsp3) is 0.333. The molecule has 1 amide bonds. The second-order valence-corrected chi connectivity index (χ2v) is 9.51. The van der Waals surface area contributed by atoms with Crippen LogP contribution in [0.5, 0.6) is 0 Å². The predicted octanol–water partition coefficient (Wildman–Crippen LogP) is 3.18. The van der Waals surface area contributed by atoms with Crippen molar-refractivity contribution in [1.29, 1.82) is 0 Å². The van der Waals surface area contributed by atoms with E-state index in [1.54, 1.807) is 30.3 Å². The van der Waals surface area contributed by atoms with E-state index in [1.807, 2.05) is 0 Å². The molecule has 0 saturated heterocycles. The number of hydrazine groups is 1. The highest BCUT2D eigenvalue weighted by Gasteiger charge is 2.22. The average molecular weight is 447 g/mol. The van der Waals surface area contributed by atoms with Crippen LogP contribution in [0, 0.1) is 5.92 Å². The molecule has 160 valence electrons. The average Bonchev–Trinajstić information content (AvgIpc) is 2.74. The van der Waals surface area contributed by atoms with Gasteiger partial charge in [0.2, 0.25) is 0 Å². The highest BCUT2D eigenvalue weighted by Crippen LogP contribution is 2.23. The Labute approximate surface area is 182 Å². The molecule has 0 bridgehead atoms. The second kappa shape index (κ2) is 9.90. The van der Waals surface area contributed by atoms with Gasteiger partial charge < -0.3 is 5.32 Å². The molecule has 1 aliphatic carbocycles. The van der Waals surface area contributed by atoms with Crippen molar-refractivity contribution < 1.29 is 13.2 Å². The Balaban J connectivity index is 1.54. The van der Waals surface area contributed by atoms with E-state index in [0.29, 0.717) is 28.3 Å². The number of hydrogen-bond donors (Lipinski definition) is 4. The lowest BCUT2D eigenvalue weighted by molar-refractivity contribution is 0.0943. The zero-order chi connectivity index (χ0) is 21.6. The van der Waals surface area contributed by atoms with E-state index in [2.05, 4.69) is 27.8 Å². The lowest BCUT2D eigenvalue weighted by Crippen LogP contribution is -2.51. The molecule has 0 unspecified atom stereocenters. The third kappa shape index (κ3) is 5.93. The Morgan fingerprint density at radius 1 is 0.967 bits per heavy atom. The molecule has 7 nitrogen and oxygen atoms in total. The first-order valence-electron chi connectivity index (χ1n) is 9.90. The van der Waals surface area contributed by atoms with Gasteiger partial charge in [0.1, 0.15) is 0 Å². The summed E-state index contributed by atoms with van der Waals surface area (Å²) in [4.78, 5) is 12.4. The monoisotopic (exact) mass is 446 g/mol. The van der Waals surface area contributed by atoms with Gasteiger partial charge in [-0.25, -0.2) is 8.42 Å². The number of thiocarbonyl (C=S) groups is 1. The number of benzene rings is 2. The molecular weight excluding hydrogens is 420 g/mol. The Morgan fingerprint density at radius 2 is 1.63 bits per heavy atom. The number of hydrogen-bond acceptors (Lipinski definition) is 4. The third-order valence-electron chi connectivity index (χ3n) is 5.17. The molecule has 3 rings (SSSR count). The van der Waals surface area contributed by atoms with Crippen LogP contribution in [0.3, 0.4) is 0 Å². The molecule has 2 aromatic rings. The van der Waals surface area contributed by atoms with Crippen molar-refractivity contribution >= 4 is 38.9 Å². The Morgan fingerprint density at radius 3 is 2.30 bits per heavy atom. The number of anilines is 1. The molecule has 0 radical (unpaired) electrons. The SMILES string of the molecule is C[C@H]1CCCC[C@@H]1NC(=S)NNC(=O)c1ccc(S(=O)(=O)Nc2ccccc2)cc1. The molecule has 1 saturated carbocycles. The summed E-state index contributed by atoms with van der Waals surface area (Å²) in [6.45, 7) is 2.19. The Hall–Kier alpha value is -2.65. The number of nitrogens with one attached hydrogen (secondary N) is 4. The molecule has 2 atom stereocenters. The van der Waals surface area contributed by atoms with E-state index in [-0.39, 0.29) is 4.90 Å². The molecule has 0 aliphatic heterocycles. The summed E-state index contributed by atoms with van der Waals surface area (Å²) >= 11 is 5.26. The molecule has 30 heavy (non-hydrogen) atoms. The lowest BCUT2D eigenvalue weighted by Gasteiger charge is -2.30. The van der Waals surface area contributed by atoms with Crippen molar-refractivity contribution in [2.45, 2.75) is 43.5 Å². The van der Waals surface area contributed by atoms with E-state index in [1.165, 1.54) is 43.5 Å². The quantitative estimate of drug-likeness (QED) is 0.416. The summed E-state index contributed by atoms with van der Waals surface area (Å²) in [5.74, 6) is 0.129. The van der Waals surface area contributed by atoms with Crippen molar-refractivity contribution in [1.82, 2.24) is 16.2 Å². The van der Waals surface area contributed by atoms with Crippen LogP contribution in [-0.4, -0.2) is 25.5 Å². The molecule has 0 aromatic heterocycles. The van der Waals surface area contributed by atoms with Crippen molar-refractivity contribution in [2.75, 3.05) is 4.72 Å². The molecule has 0 spiro atoms. The van der Waals surface area contributed by atoms with Crippen LogP contribution < -0.4 is 20.9 Å². The van der Waals surface area contributed by atoms with Crippen LogP contribution >= 0.6 is 12.2 Å². The molecular formula is C21H26N4O3S2. The van der Waals surface area contributed by atoms with Gasteiger partial charge >= 0.3 is 0 Å². The molecule has 9 heteroatoms. The molecule has 1 fully saturated rings. The van der Waals surface area contributed by atoms with Gasteiger partial charge in [-0.1, -0.05) is 38.0 Å². The fourth-order valence-electron chi connectivity index (χ4n) is 3.43. The van der Waals surface area contributed by atoms with E-state index < -0.39 is 15.9 Å². The maximum Gasteiger partial charge on any atom is 0.269 e. The van der Waals surface area contributed by atoms with Gasteiger partial charge in [0.05, 0.1) is 4.90 Å². The van der Waals surface area contributed by atoms with Crippen LogP contribution in [-0.2, 0) is 10.0 Å². The minimum Gasteiger partial charge on any atom is -0.358 e. The zero-order valence-electron chi connectivity index (χ0n) is 16.7. The molecule has 0 heterocycles. The van der Waals surface area contributed by atoms with E-state index in [9.17, 15) is 13.2 Å². The van der Waals surface area contributed by atoms with E-state index >= 15 is 0 Å². The number of rotatable bonds is 5. The van der Waals surface area contributed by atoms with Gasteiger partial charge in [-0.3, -0.25) is 20.4 Å². The van der Waals surface area contributed by atoms with Crippen molar-refractivity contribution in [3.05, 3.63) is 60.2 Å². The highest BCUT2D eigenvalue weighted by molar-refractivity contribution is 7.92. The lowest BCUT2D eigenvalue weighted by atomic mass is 9.86. The summed E-state index contributed by atoms with van der Waals surface area (Å²) in [5.41, 5.74) is 6.04. The zero-order valence-corrected chi connectivity index (χ0v) is 18.4. The topological polar surface area (TPSA) is 99.3 Å². The van der Waals surface area contributed by atoms with Crippen LogP contribution in [0.2, 0.25) is 0 Å².